The Morgan fingerprint density at radius 2 is 1.70 bits per heavy atom. The summed E-state index contributed by atoms with van der Waals surface area (Å²) < 4.78 is 0. The molecule has 3 rings (SSSR count). The van der Waals surface area contributed by atoms with Crippen LogP contribution in [0, 0.1) is 5.41 Å². The molecule has 2 bridgehead atoms. The van der Waals surface area contributed by atoms with Crippen molar-refractivity contribution in [2.24, 2.45) is 5.41 Å². The third-order valence-electron chi connectivity index (χ3n) is 3.05. The SMILES string of the molecule is CC12C=CC(O)(CC1)CC2. The van der Waals surface area contributed by atoms with Crippen LogP contribution >= 0.6 is 0 Å². The highest BCUT2D eigenvalue weighted by atomic mass is 16.3. The van der Waals surface area contributed by atoms with Crippen LogP contribution in [0.5, 0.6) is 0 Å². The van der Waals surface area contributed by atoms with E-state index in [4.69, 9.17) is 0 Å². The smallest absolute Gasteiger partial charge is 0.0828 e. The zero-order valence-electron chi connectivity index (χ0n) is 6.43. The largest absolute Gasteiger partial charge is 0.386 e. The van der Waals surface area contributed by atoms with Gasteiger partial charge in [-0.3, -0.25) is 0 Å². The third kappa shape index (κ3) is 0.807. The molecule has 0 heterocycles. The van der Waals surface area contributed by atoms with Crippen molar-refractivity contribution in [3.05, 3.63) is 12.2 Å². The second-order valence-corrected chi connectivity index (χ2v) is 4.09. The Labute approximate surface area is 61.8 Å². The van der Waals surface area contributed by atoms with Gasteiger partial charge in [0.2, 0.25) is 0 Å². The lowest BCUT2D eigenvalue weighted by Gasteiger charge is -2.44. The minimum absolute atomic E-state index is 0.419. The van der Waals surface area contributed by atoms with Crippen LogP contribution in [0.1, 0.15) is 32.6 Å². The fraction of sp³-hybridized carbons (Fsp3) is 0.778. The first-order valence-corrected chi connectivity index (χ1v) is 4.05. The van der Waals surface area contributed by atoms with Gasteiger partial charge in [0, 0.05) is 0 Å². The molecule has 0 amide bonds. The van der Waals surface area contributed by atoms with Gasteiger partial charge in [-0.25, -0.2) is 0 Å². The van der Waals surface area contributed by atoms with E-state index in [-0.39, 0.29) is 0 Å². The molecule has 1 N–H and O–H groups in total. The van der Waals surface area contributed by atoms with Gasteiger partial charge < -0.3 is 5.11 Å². The first-order valence-electron chi connectivity index (χ1n) is 4.05. The monoisotopic (exact) mass is 138 g/mol. The Morgan fingerprint density at radius 3 is 2.00 bits per heavy atom. The number of hydrogen-bond acceptors (Lipinski definition) is 1. The lowest BCUT2D eigenvalue weighted by Crippen LogP contribution is -2.40. The topological polar surface area (TPSA) is 20.2 Å². The molecule has 0 aromatic carbocycles. The summed E-state index contributed by atoms with van der Waals surface area (Å²) in [5, 5.41) is 9.75. The van der Waals surface area contributed by atoms with Crippen molar-refractivity contribution in [1.82, 2.24) is 0 Å². The van der Waals surface area contributed by atoms with Crippen molar-refractivity contribution < 1.29 is 5.11 Å². The maximum atomic E-state index is 9.75. The number of rotatable bonds is 0. The molecule has 0 atom stereocenters. The quantitative estimate of drug-likeness (QED) is 0.507. The summed E-state index contributed by atoms with van der Waals surface area (Å²) in [6.45, 7) is 2.28. The minimum Gasteiger partial charge on any atom is -0.386 e. The third-order valence-corrected chi connectivity index (χ3v) is 3.05. The molecule has 0 saturated heterocycles. The van der Waals surface area contributed by atoms with Gasteiger partial charge in [-0.15, -0.1) is 0 Å². The lowest BCUT2D eigenvalue weighted by molar-refractivity contribution is 0.00697. The van der Waals surface area contributed by atoms with Crippen molar-refractivity contribution in [3.8, 4) is 0 Å². The molecule has 0 aromatic rings. The van der Waals surface area contributed by atoms with Gasteiger partial charge in [0.1, 0.15) is 0 Å². The normalized spacial score (nSPS) is 51.8. The second kappa shape index (κ2) is 1.65. The van der Waals surface area contributed by atoms with E-state index in [1.807, 2.05) is 6.08 Å². The van der Waals surface area contributed by atoms with Crippen LogP contribution in [0.15, 0.2) is 12.2 Å². The molecule has 0 aliphatic heterocycles. The number of aliphatic hydroxyl groups is 1. The van der Waals surface area contributed by atoms with Gasteiger partial charge >= 0.3 is 0 Å². The predicted octanol–water partition coefficient (Wildman–Crippen LogP) is 1.87. The summed E-state index contributed by atoms with van der Waals surface area (Å²) in [4.78, 5) is 0. The van der Waals surface area contributed by atoms with E-state index in [1.165, 1.54) is 12.8 Å². The molecule has 56 valence electrons. The number of fused-ring (bicyclic) bond motifs is 2. The Kier molecular flexibility index (Phi) is 1.06. The Balaban J connectivity index is 2.33. The molecule has 1 saturated carbocycles. The molecule has 3 aliphatic rings. The lowest BCUT2D eigenvalue weighted by atomic mass is 9.64. The summed E-state index contributed by atoms with van der Waals surface area (Å²) in [6, 6.07) is 0. The zero-order valence-corrected chi connectivity index (χ0v) is 6.43. The van der Waals surface area contributed by atoms with Crippen LogP contribution in [-0.4, -0.2) is 10.7 Å². The molecular weight excluding hydrogens is 124 g/mol. The first kappa shape index (κ1) is 6.41. The van der Waals surface area contributed by atoms with E-state index in [1.54, 1.807) is 0 Å². The van der Waals surface area contributed by atoms with E-state index in [0.29, 0.717) is 5.41 Å². The van der Waals surface area contributed by atoms with Gasteiger partial charge in [-0.05, 0) is 31.1 Å². The van der Waals surface area contributed by atoms with Crippen molar-refractivity contribution >= 4 is 0 Å². The fourth-order valence-electron chi connectivity index (χ4n) is 1.94. The molecule has 1 heteroatoms. The Bertz CT molecular complexity index is 153. The van der Waals surface area contributed by atoms with Crippen LogP contribution in [0.25, 0.3) is 0 Å². The molecule has 0 spiro atoms. The average Bonchev–Trinajstić information content (AvgIpc) is 1.93. The van der Waals surface area contributed by atoms with Crippen molar-refractivity contribution in [2.75, 3.05) is 0 Å². The number of hydrogen-bond donors (Lipinski definition) is 1. The molecule has 0 unspecified atom stereocenters. The van der Waals surface area contributed by atoms with E-state index >= 15 is 0 Å². The summed E-state index contributed by atoms with van der Waals surface area (Å²) in [5.41, 5.74) is 0.00222. The van der Waals surface area contributed by atoms with Crippen LogP contribution in [0.4, 0.5) is 0 Å². The molecular formula is C9H14O. The van der Waals surface area contributed by atoms with E-state index < -0.39 is 5.60 Å². The Morgan fingerprint density at radius 1 is 1.10 bits per heavy atom. The number of allylic oxidation sites excluding steroid dienone is 1. The van der Waals surface area contributed by atoms with Gasteiger partial charge in [0.25, 0.3) is 0 Å². The molecule has 0 aromatic heterocycles. The highest BCUT2D eigenvalue weighted by molar-refractivity contribution is 5.17. The van der Waals surface area contributed by atoms with Gasteiger partial charge in [0.15, 0.2) is 0 Å². The van der Waals surface area contributed by atoms with E-state index in [2.05, 4.69) is 13.0 Å². The molecule has 1 nitrogen and oxygen atoms in total. The van der Waals surface area contributed by atoms with Crippen LogP contribution in [0.2, 0.25) is 0 Å². The maximum Gasteiger partial charge on any atom is 0.0828 e. The van der Waals surface area contributed by atoms with Crippen LogP contribution in [0.3, 0.4) is 0 Å². The minimum atomic E-state index is -0.419. The summed E-state index contributed by atoms with van der Waals surface area (Å²) in [7, 11) is 0. The highest BCUT2D eigenvalue weighted by Gasteiger charge is 2.40. The summed E-state index contributed by atoms with van der Waals surface area (Å²) in [5.74, 6) is 0. The maximum absolute atomic E-state index is 9.75. The summed E-state index contributed by atoms with van der Waals surface area (Å²) in [6.07, 6.45) is 8.47. The average molecular weight is 138 g/mol. The molecule has 0 radical (unpaired) electrons. The van der Waals surface area contributed by atoms with Crippen LogP contribution < -0.4 is 0 Å². The zero-order chi connectivity index (χ0) is 7.24. The molecule has 1 fully saturated rings. The fourth-order valence-corrected chi connectivity index (χ4v) is 1.94. The second-order valence-electron chi connectivity index (χ2n) is 4.09. The van der Waals surface area contributed by atoms with Gasteiger partial charge in [-0.2, -0.15) is 0 Å². The van der Waals surface area contributed by atoms with Crippen molar-refractivity contribution in [1.29, 1.82) is 0 Å². The van der Waals surface area contributed by atoms with Crippen molar-refractivity contribution in [3.63, 3.8) is 0 Å². The Hall–Kier alpha value is -0.300. The van der Waals surface area contributed by atoms with Gasteiger partial charge in [-0.1, -0.05) is 19.1 Å². The summed E-state index contributed by atoms with van der Waals surface area (Å²) >= 11 is 0. The van der Waals surface area contributed by atoms with Crippen LogP contribution in [-0.2, 0) is 0 Å². The molecule has 3 aliphatic carbocycles. The highest BCUT2D eigenvalue weighted by Crippen LogP contribution is 2.46. The molecule has 10 heavy (non-hydrogen) atoms. The van der Waals surface area contributed by atoms with E-state index in [0.717, 1.165) is 12.8 Å². The van der Waals surface area contributed by atoms with Gasteiger partial charge in [0.05, 0.1) is 5.60 Å². The predicted molar refractivity (Wildman–Crippen MR) is 40.7 cm³/mol. The van der Waals surface area contributed by atoms with Crippen molar-refractivity contribution in [2.45, 2.75) is 38.2 Å². The first-order chi connectivity index (χ1) is 4.62. The van der Waals surface area contributed by atoms with E-state index in [9.17, 15) is 5.11 Å². The standard InChI is InChI=1S/C9H14O/c1-8-2-5-9(10,6-3-8)7-4-8/h2,5,10H,3-4,6-7H2,1H3.